The molecule has 0 aliphatic rings. The summed E-state index contributed by atoms with van der Waals surface area (Å²) in [5.41, 5.74) is -1.14. The molecule has 0 saturated heterocycles. The zero-order valence-corrected chi connectivity index (χ0v) is 9.83. The molecular weight excluding hydrogens is 286 g/mol. The Hall–Kier alpha value is -2.16. The fraction of sp³-hybridized carbons (Fsp3) is 0.273. The summed E-state index contributed by atoms with van der Waals surface area (Å²) in [6, 6.07) is 3.13. The second-order valence-electron chi connectivity index (χ2n) is 3.62. The predicted molar refractivity (Wildman–Crippen MR) is 58.9 cm³/mol. The normalized spacial score (nSPS) is 11.2. The van der Waals surface area contributed by atoms with E-state index in [0.717, 1.165) is 18.2 Å². The van der Waals surface area contributed by atoms with E-state index in [2.05, 4.69) is 4.74 Å². The number of carboxylic acids is 1. The van der Waals surface area contributed by atoms with Gasteiger partial charge in [0, 0.05) is 0 Å². The molecule has 0 heterocycles. The smallest absolute Gasteiger partial charge is 0.411 e. The van der Waals surface area contributed by atoms with Gasteiger partial charge in [-0.2, -0.15) is 13.2 Å². The average Bonchev–Trinajstić information content (AvgIpc) is 2.26. The molecule has 0 bridgehead atoms. The van der Waals surface area contributed by atoms with Gasteiger partial charge in [0.05, 0.1) is 5.69 Å². The van der Waals surface area contributed by atoms with Gasteiger partial charge in [0.1, 0.15) is 24.6 Å². The Morgan fingerprint density at radius 3 is 2.50 bits per heavy atom. The van der Waals surface area contributed by atoms with E-state index in [1.165, 1.54) is 0 Å². The van der Waals surface area contributed by atoms with E-state index in [-0.39, 0.29) is 5.69 Å². The fourth-order valence-corrected chi connectivity index (χ4v) is 1.29. The molecule has 1 amide bonds. The highest BCUT2D eigenvalue weighted by Crippen LogP contribution is 2.19. The van der Waals surface area contributed by atoms with Gasteiger partial charge in [0.25, 0.3) is 0 Å². The molecule has 0 atom stereocenters. The fourth-order valence-electron chi connectivity index (χ4n) is 1.29. The lowest BCUT2D eigenvalue weighted by Gasteiger charge is -2.10. The second kappa shape index (κ2) is 6.33. The average molecular weight is 295 g/mol. The molecule has 0 unspecified atom stereocenters. The number of carbonyl (C=O) groups is 2. The maximum Gasteiger partial charge on any atom is 0.411 e. The Kier molecular flexibility index (Phi) is 5.03. The predicted octanol–water partition coefficient (Wildman–Crippen LogP) is 2.04. The first-order valence-electron chi connectivity index (χ1n) is 5.17. The van der Waals surface area contributed by atoms with Crippen molar-refractivity contribution in [1.29, 1.82) is 0 Å². The van der Waals surface area contributed by atoms with Crippen molar-refractivity contribution in [2.24, 2.45) is 0 Å². The highest BCUT2D eigenvalue weighted by molar-refractivity contribution is 6.01. The number of ether oxygens (including phenoxy) is 1. The summed E-state index contributed by atoms with van der Waals surface area (Å²) in [5.74, 6) is -3.72. The lowest BCUT2D eigenvalue weighted by molar-refractivity contribution is -0.174. The van der Waals surface area contributed by atoms with Crippen LogP contribution < -0.4 is 5.32 Å². The van der Waals surface area contributed by atoms with Crippen molar-refractivity contribution in [3.8, 4) is 0 Å². The van der Waals surface area contributed by atoms with Gasteiger partial charge in [-0.1, -0.05) is 6.07 Å². The molecule has 0 aliphatic carbocycles. The monoisotopic (exact) mass is 295 g/mol. The van der Waals surface area contributed by atoms with E-state index in [0.29, 0.717) is 0 Å². The molecule has 0 fully saturated rings. The van der Waals surface area contributed by atoms with Crippen molar-refractivity contribution in [3.05, 3.63) is 29.6 Å². The van der Waals surface area contributed by atoms with Gasteiger partial charge in [-0.05, 0) is 12.1 Å². The lowest BCUT2D eigenvalue weighted by atomic mass is 10.1. The van der Waals surface area contributed by atoms with Crippen molar-refractivity contribution < 1.29 is 37.0 Å². The van der Waals surface area contributed by atoms with Crippen LogP contribution in [0.2, 0.25) is 0 Å². The van der Waals surface area contributed by atoms with Crippen LogP contribution in [0.15, 0.2) is 18.2 Å². The first kappa shape index (κ1) is 15.9. The molecule has 5 nitrogen and oxygen atoms in total. The molecule has 2 N–H and O–H groups in total. The number of hydrogen-bond acceptors (Lipinski definition) is 3. The standard InChI is InChI=1S/C11H9F4NO4/c12-6-2-1-3-7(9(6)10(18)19)16-8(17)4-20-5-11(13,14)15/h1-3H,4-5H2,(H,16,17)(H,18,19). The summed E-state index contributed by atoms with van der Waals surface area (Å²) in [4.78, 5) is 22.1. The minimum atomic E-state index is -4.58. The first-order chi connectivity index (χ1) is 9.20. The Balaban J connectivity index is 2.67. The van der Waals surface area contributed by atoms with Crippen molar-refractivity contribution >= 4 is 17.6 Å². The summed E-state index contributed by atoms with van der Waals surface area (Å²) < 4.78 is 52.6. The largest absolute Gasteiger partial charge is 0.478 e. The zero-order valence-electron chi connectivity index (χ0n) is 9.83. The zero-order chi connectivity index (χ0) is 15.3. The van der Waals surface area contributed by atoms with Crippen LogP contribution in [0, 0.1) is 5.82 Å². The van der Waals surface area contributed by atoms with Crippen LogP contribution >= 0.6 is 0 Å². The second-order valence-corrected chi connectivity index (χ2v) is 3.62. The third-order valence-electron chi connectivity index (χ3n) is 2.00. The highest BCUT2D eigenvalue weighted by atomic mass is 19.4. The van der Waals surface area contributed by atoms with Gasteiger partial charge in [-0.15, -0.1) is 0 Å². The SMILES string of the molecule is O=C(COCC(F)(F)F)Nc1cccc(F)c1C(=O)O. The molecule has 20 heavy (non-hydrogen) atoms. The van der Waals surface area contributed by atoms with Gasteiger partial charge >= 0.3 is 12.1 Å². The molecule has 0 saturated carbocycles. The van der Waals surface area contributed by atoms with Crippen molar-refractivity contribution in [2.45, 2.75) is 6.18 Å². The summed E-state index contributed by atoms with van der Waals surface area (Å²) >= 11 is 0. The molecule has 110 valence electrons. The number of nitrogens with one attached hydrogen (secondary N) is 1. The highest BCUT2D eigenvalue weighted by Gasteiger charge is 2.28. The van der Waals surface area contributed by atoms with Crippen molar-refractivity contribution in [3.63, 3.8) is 0 Å². The molecule has 9 heteroatoms. The van der Waals surface area contributed by atoms with E-state index in [1.807, 2.05) is 5.32 Å². The molecule has 1 rings (SSSR count). The van der Waals surface area contributed by atoms with Crippen LogP contribution in [0.4, 0.5) is 23.2 Å². The van der Waals surface area contributed by atoms with Gasteiger partial charge in [0.15, 0.2) is 0 Å². The molecule has 0 radical (unpaired) electrons. The van der Waals surface area contributed by atoms with E-state index in [9.17, 15) is 27.2 Å². The van der Waals surface area contributed by atoms with E-state index in [4.69, 9.17) is 5.11 Å². The van der Waals surface area contributed by atoms with Crippen LogP contribution in [0.3, 0.4) is 0 Å². The minimum absolute atomic E-state index is 0.363. The summed E-state index contributed by atoms with van der Waals surface area (Å²) in [5, 5.41) is 10.7. The third kappa shape index (κ3) is 4.84. The van der Waals surface area contributed by atoms with Gasteiger partial charge in [0.2, 0.25) is 5.91 Å². The quantitative estimate of drug-likeness (QED) is 0.815. The summed E-state index contributed by atoms with van der Waals surface area (Å²) in [6.45, 7) is -2.55. The Labute approximate surface area is 110 Å². The molecule has 1 aromatic rings. The number of alkyl halides is 3. The molecule has 0 spiro atoms. The number of carbonyl (C=O) groups excluding carboxylic acids is 1. The molecule has 0 aromatic heterocycles. The number of carboxylic acid groups (broad SMARTS) is 1. The number of anilines is 1. The van der Waals surface area contributed by atoms with Gasteiger partial charge in [-0.3, -0.25) is 4.79 Å². The Bertz CT molecular complexity index is 516. The molecular formula is C11H9F4NO4. The first-order valence-corrected chi connectivity index (χ1v) is 5.17. The van der Waals surface area contributed by atoms with E-state index < -0.39 is 42.6 Å². The number of halogens is 4. The van der Waals surface area contributed by atoms with Crippen LogP contribution in [-0.4, -0.2) is 36.4 Å². The maximum atomic E-state index is 13.2. The van der Waals surface area contributed by atoms with Crippen LogP contribution in [0.25, 0.3) is 0 Å². The summed E-state index contributed by atoms with van der Waals surface area (Å²) in [6.07, 6.45) is -4.58. The summed E-state index contributed by atoms with van der Waals surface area (Å²) in [7, 11) is 0. The van der Waals surface area contributed by atoms with Crippen molar-refractivity contribution in [1.82, 2.24) is 0 Å². The maximum absolute atomic E-state index is 13.2. The van der Waals surface area contributed by atoms with Crippen LogP contribution in [0.1, 0.15) is 10.4 Å². The topological polar surface area (TPSA) is 75.6 Å². The number of amides is 1. The van der Waals surface area contributed by atoms with Gasteiger partial charge < -0.3 is 15.2 Å². The number of rotatable bonds is 5. The Morgan fingerprint density at radius 2 is 1.95 bits per heavy atom. The number of aromatic carboxylic acids is 1. The van der Waals surface area contributed by atoms with Crippen molar-refractivity contribution in [2.75, 3.05) is 18.5 Å². The third-order valence-corrected chi connectivity index (χ3v) is 2.00. The van der Waals surface area contributed by atoms with Crippen LogP contribution in [-0.2, 0) is 9.53 Å². The Morgan fingerprint density at radius 1 is 1.30 bits per heavy atom. The van der Waals surface area contributed by atoms with E-state index >= 15 is 0 Å². The van der Waals surface area contributed by atoms with E-state index in [1.54, 1.807) is 0 Å². The minimum Gasteiger partial charge on any atom is -0.478 e. The molecule has 1 aromatic carbocycles. The number of benzene rings is 1. The van der Waals surface area contributed by atoms with Gasteiger partial charge in [-0.25, -0.2) is 9.18 Å². The number of hydrogen-bond donors (Lipinski definition) is 2. The molecule has 0 aliphatic heterocycles. The van der Waals surface area contributed by atoms with Crippen LogP contribution in [0.5, 0.6) is 0 Å². The lowest BCUT2D eigenvalue weighted by Crippen LogP contribution is -2.24.